The van der Waals surface area contributed by atoms with Gasteiger partial charge in [-0.05, 0) is 36.6 Å². The van der Waals surface area contributed by atoms with Gasteiger partial charge in [-0.15, -0.1) is 5.10 Å². The van der Waals surface area contributed by atoms with Gasteiger partial charge in [-0.3, -0.25) is 9.36 Å². The smallest absolute Gasteiger partial charge is 0.360 e. The molecule has 14 nitrogen and oxygen atoms in total. The average Bonchev–Trinajstić information content (AvgIpc) is 3.52. The Morgan fingerprint density at radius 2 is 2.00 bits per heavy atom. The van der Waals surface area contributed by atoms with Gasteiger partial charge in [-0.2, -0.15) is 4.98 Å². The molecule has 2 aromatic heterocycles. The standard InChI is InChI=1S/C21H30ClN4O10P/c1-34-10-21(8-15(27)28,37(31,32)33)35-9-14-16(29)17(30)18(36-14)12-6-7-13-19(23-11-4-2-3-5-11)24-20(22)25-26(12)13/h6-7,11,14,16-18,29-30H,2-5,8-10H2,1H3,(H,27,28)(H,23,24,25)(H2,31,32,33)/t14-,16-,17-,18+,21-/m1/s1. The Morgan fingerprint density at radius 3 is 2.62 bits per heavy atom. The molecule has 0 radical (unpaired) electrons. The molecule has 0 amide bonds. The molecule has 3 heterocycles. The number of halogens is 1. The Balaban J connectivity index is 1.56. The van der Waals surface area contributed by atoms with E-state index in [0.717, 1.165) is 32.8 Å². The lowest BCUT2D eigenvalue weighted by atomic mass is 10.1. The summed E-state index contributed by atoms with van der Waals surface area (Å²) in [6.45, 7) is -1.36. The van der Waals surface area contributed by atoms with E-state index in [9.17, 15) is 34.5 Å². The number of anilines is 1. The Labute approximate surface area is 216 Å². The molecule has 1 saturated carbocycles. The molecule has 1 aliphatic carbocycles. The molecule has 0 spiro atoms. The number of carboxylic acids is 1. The third-order valence-electron chi connectivity index (χ3n) is 6.71. The fraction of sp³-hybridized carbons (Fsp3) is 0.667. The first-order valence-corrected chi connectivity index (χ1v) is 13.7. The van der Waals surface area contributed by atoms with Crippen LogP contribution in [0.25, 0.3) is 5.52 Å². The summed E-state index contributed by atoms with van der Waals surface area (Å²) in [6.07, 6.45) is -2.18. The molecule has 0 unspecified atom stereocenters. The van der Waals surface area contributed by atoms with Crippen molar-refractivity contribution in [2.24, 2.45) is 0 Å². The molecule has 206 valence electrons. The largest absolute Gasteiger partial charge is 0.481 e. The molecule has 2 aliphatic rings. The quantitative estimate of drug-likeness (QED) is 0.210. The molecule has 1 aliphatic heterocycles. The van der Waals surface area contributed by atoms with Gasteiger partial charge in [-0.25, -0.2) is 4.52 Å². The van der Waals surface area contributed by atoms with Crippen molar-refractivity contribution in [2.75, 3.05) is 25.6 Å². The molecule has 2 fully saturated rings. The van der Waals surface area contributed by atoms with Crippen LogP contribution in [0.3, 0.4) is 0 Å². The second-order valence-corrected chi connectivity index (χ2v) is 11.5. The topological polar surface area (TPSA) is 205 Å². The first-order chi connectivity index (χ1) is 17.5. The summed E-state index contributed by atoms with van der Waals surface area (Å²) < 4.78 is 29.6. The number of carboxylic acid groups (broad SMARTS) is 1. The SMILES string of the molecule is COC[C@](CC(=O)O)(OC[C@H]1O[C@@H](c2ccc3c(NC4CCCC4)nc(Cl)nn23)[C@H](O)[C@@H]1O)P(=O)(O)O. The highest BCUT2D eigenvalue weighted by Crippen LogP contribution is 2.54. The van der Waals surface area contributed by atoms with Crippen LogP contribution < -0.4 is 5.32 Å². The average molecular weight is 565 g/mol. The zero-order valence-corrected chi connectivity index (χ0v) is 21.6. The lowest BCUT2D eigenvalue weighted by Crippen LogP contribution is -2.43. The minimum absolute atomic E-state index is 0.0435. The Kier molecular flexibility index (Phi) is 8.43. The third kappa shape index (κ3) is 5.77. The summed E-state index contributed by atoms with van der Waals surface area (Å²) in [7, 11) is -4.02. The summed E-state index contributed by atoms with van der Waals surface area (Å²) in [5.41, 5.74) is 0.935. The van der Waals surface area contributed by atoms with Gasteiger partial charge in [0.05, 0.1) is 25.3 Å². The predicted molar refractivity (Wildman–Crippen MR) is 128 cm³/mol. The molecule has 37 heavy (non-hydrogen) atoms. The highest BCUT2D eigenvalue weighted by Gasteiger charge is 2.52. The number of hydrogen-bond acceptors (Lipinski definition) is 10. The van der Waals surface area contributed by atoms with E-state index >= 15 is 0 Å². The van der Waals surface area contributed by atoms with Crippen LogP contribution in [0, 0.1) is 0 Å². The van der Waals surface area contributed by atoms with Gasteiger partial charge in [0.1, 0.15) is 29.9 Å². The summed E-state index contributed by atoms with van der Waals surface area (Å²) >= 11 is 6.16. The van der Waals surface area contributed by atoms with Crippen molar-refractivity contribution >= 4 is 36.5 Å². The zero-order chi connectivity index (χ0) is 27.0. The Hall–Kier alpha value is -1.87. The number of nitrogens with zero attached hydrogens (tertiary/aromatic N) is 3. The fourth-order valence-corrected chi connectivity index (χ4v) is 5.86. The molecule has 2 aromatic rings. The summed E-state index contributed by atoms with van der Waals surface area (Å²) in [5, 5.41) is 35.6. The van der Waals surface area contributed by atoms with Crippen molar-refractivity contribution in [3.05, 3.63) is 23.1 Å². The van der Waals surface area contributed by atoms with Crippen LogP contribution in [-0.4, -0.2) is 95.7 Å². The van der Waals surface area contributed by atoms with Crippen LogP contribution >= 0.6 is 19.2 Å². The maximum Gasteiger partial charge on any atom is 0.360 e. The van der Waals surface area contributed by atoms with Crippen molar-refractivity contribution < 1.29 is 48.7 Å². The number of aliphatic carboxylic acids is 1. The van der Waals surface area contributed by atoms with Crippen LogP contribution in [0.2, 0.25) is 5.28 Å². The fourth-order valence-electron chi connectivity index (χ4n) is 4.82. The number of rotatable bonds is 11. The number of aromatic nitrogens is 3. The van der Waals surface area contributed by atoms with E-state index in [-0.39, 0.29) is 11.3 Å². The molecule has 6 N–H and O–H groups in total. The number of methoxy groups -OCH3 is 1. The number of nitrogens with one attached hydrogen (secondary N) is 1. The summed E-state index contributed by atoms with van der Waals surface area (Å²) in [6, 6.07) is 3.61. The second kappa shape index (κ2) is 11.1. The van der Waals surface area contributed by atoms with E-state index in [0.29, 0.717) is 17.0 Å². The number of ether oxygens (including phenoxy) is 3. The molecule has 0 aromatic carbocycles. The monoisotopic (exact) mass is 564 g/mol. The van der Waals surface area contributed by atoms with Gasteiger partial charge < -0.3 is 44.6 Å². The van der Waals surface area contributed by atoms with E-state index in [4.69, 9.17) is 25.8 Å². The number of hydrogen-bond donors (Lipinski definition) is 6. The summed E-state index contributed by atoms with van der Waals surface area (Å²) in [4.78, 5) is 35.3. The van der Waals surface area contributed by atoms with Crippen LogP contribution in [0.5, 0.6) is 0 Å². The van der Waals surface area contributed by atoms with Crippen molar-refractivity contribution in [3.63, 3.8) is 0 Å². The Morgan fingerprint density at radius 1 is 1.30 bits per heavy atom. The van der Waals surface area contributed by atoms with E-state index in [1.54, 1.807) is 12.1 Å². The van der Waals surface area contributed by atoms with Gasteiger partial charge in [0.25, 0.3) is 0 Å². The van der Waals surface area contributed by atoms with Crippen molar-refractivity contribution in [1.82, 2.24) is 14.6 Å². The Bertz CT molecular complexity index is 1170. The van der Waals surface area contributed by atoms with Gasteiger partial charge in [0.2, 0.25) is 10.6 Å². The lowest BCUT2D eigenvalue weighted by Gasteiger charge is -2.33. The number of fused-ring (bicyclic) bond motifs is 1. The van der Waals surface area contributed by atoms with Crippen LogP contribution in [0.15, 0.2) is 12.1 Å². The van der Waals surface area contributed by atoms with E-state index in [1.807, 2.05) is 0 Å². The van der Waals surface area contributed by atoms with Crippen LogP contribution in [-0.2, 0) is 23.6 Å². The van der Waals surface area contributed by atoms with Gasteiger partial charge in [0, 0.05) is 13.2 Å². The molecule has 5 atom stereocenters. The van der Waals surface area contributed by atoms with Crippen LogP contribution in [0.4, 0.5) is 5.82 Å². The number of carbonyl (C=O) groups is 1. The lowest BCUT2D eigenvalue weighted by molar-refractivity contribution is -0.149. The maximum absolute atomic E-state index is 12.2. The normalized spacial score (nSPS) is 26.5. The van der Waals surface area contributed by atoms with Crippen molar-refractivity contribution in [3.8, 4) is 0 Å². The van der Waals surface area contributed by atoms with Gasteiger partial charge in [0.15, 0.2) is 5.82 Å². The highest BCUT2D eigenvalue weighted by atomic mass is 35.5. The first-order valence-electron chi connectivity index (χ1n) is 11.7. The van der Waals surface area contributed by atoms with Crippen molar-refractivity contribution in [1.29, 1.82) is 0 Å². The van der Waals surface area contributed by atoms with Gasteiger partial charge >= 0.3 is 13.6 Å². The van der Waals surface area contributed by atoms with Crippen molar-refractivity contribution in [2.45, 2.75) is 67.9 Å². The molecule has 4 rings (SSSR count). The molecular formula is C21H30ClN4O10P. The third-order valence-corrected chi connectivity index (χ3v) is 8.35. The first kappa shape index (κ1) is 28.1. The second-order valence-electron chi connectivity index (χ2n) is 9.29. The highest BCUT2D eigenvalue weighted by molar-refractivity contribution is 7.53. The number of aliphatic hydroxyl groups excluding tert-OH is 2. The molecular weight excluding hydrogens is 535 g/mol. The van der Waals surface area contributed by atoms with Crippen LogP contribution in [0.1, 0.15) is 43.9 Å². The minimum atomic E-state index is -5.16. The predicted octanol–water partition coefficient (Wildman–Crippen LogP) is 0.911. The van der Waals surface area contributed by atoms with Gasteiger partial charge in [-0.1, -0.05) is 12.8 Å². The van der Waals surface area contributed by atoms with E-state index in [1.165, 1.54) is 4.52 Å². The molecule has 16 heteroatoms. The summed E-state index contributed by atoms with van der Waals surface area (Å²) in [5.74, 6) is -1.00. The number of aliphatic hydroxyl groups is 2. The minimum Gasteiger partial charge on any atom is -0.481 e. The maximum atomic E-state index is 12.2. The molecule has 1 saturated heterocycles. The zero-order valence-electron chi connectivity index (χ0n) is 19.9. The van der Waals surface area contributed by atoms with E-state index in [2.05, 4.69) is 15.4 Å². The van der Waals surface area contributed by atoms with E-state index < -0.39 is 63.0 Å². The molecule has 0 bridgehead atoms.